The molecule has 6 bridgehead atoms. The van der Waals surface area contributed by atoms with Gasteiger partial charge in [0.15, 0.2) is 0 Å². The van der Waals surface area contributed by atoms with Crippen LogP contribution in [0.1, 0.15) is 126 Å². The van der Waals surface area contributed by atoms with Crippen molar-refractivity contribution in [1.29, 1.82) is 0 Å². The molecule has 4 aliphatic heterocycles. The third-order valence-electron chi connectivity index (χ3n) is 15.8. The molecule has 70 heavy (non-hydrogen) atoms. The lowest BCUT2D eigenvalue weighted by Crippen LogP contribution is -2.61. The monoisotopic (exact) mass is 982 g/mol. The second-order valence-electron chi connectivity index (χ2n) is 21.3. The molecule has 1 saturated carbocycles. The van der Waals surface area contributed by atoms with Crippen molar-refractivity contribution in [2.24, 2.45) is 23.2 Å². The quantitative estimate of drug-likeness (QED) is 0.132. The summed E-state index contributed by atoms with van der Waals surface area (Å²) in [4.78, 5) is 55.7. The summed E-state index contributed by atoms with van der Waals surface area (Å²) < 4.78 is 33.5. The van der Waals surface area contributed by atoms with E-state index in [4.69, 9.17) is 33.7 Å². The molecule has 0 radical (unpaired) electrons. The molecule has 15 nitrogen and oxygen atoms in total. The molecule has 3 saturated heterocycles. The van der Waals surface area contributed by atoms with E-state index in [0.29, 0.717) is 63.1 Å². The van der Waals surface area contributed by atoms with Gasteiger partial charge in [-0.15, -0.1) is 11.3 Å². The molecule has 380 valence electrons. The number of aromatic nitrogens is 3. The van der Waals surface area contributed by atoms with Gasteiger partial charge < -0.3 is 38.5 Å². The van der Waals surface area contributed by atoms with Gasteiger partial charge in [-0.3, -0.25) is 24.4 Å². The Bertz CT molecular complexity index is 2490. The number of fused-ring (bicyclic) bond motifs is 6. The van der Waals surface area contributed by atoms with Crippen LogP contribution in [0, 0.1) is 23.2 Å². The molecule has 4 aromatic rings. The van der Waals surface area contributed by atoms with Gasteiger partial charge in [-0.05, 0) is 132 Å². The molecular weight excluding hydrogens is 907 g/mol. The number of hydrogen-bond acceptors (Lipinski definition) is 13. The highest BCUT2D eigenvalue weighted by Crippen LogP contribution is 2.46. The highest BCUT2D eigenvalue weighted by atomic mass is 32.1. The van der Waals surface area contributed by atoms with Gasteiger partial charge in [-0.25, -0.2) is 10.4 Å². The first kappa shape index (κ1) is 50.6. The van der Waals surface area contributed by atoms with E-state index in [9.17, 15) is 14.4 Å². The summed E-state index contributed by atoms with van der Waals surface area (Å²) in [5.41, 5.74) is 10.7. The molecule has 8 atom stereocenters. The summed E-state index contributed by atoms with van der Waals surface area (Å²) in [5, 5.41) is 8.26. The number of hydrazine groups is 1. The van der Waals surface area contributed by atoms with Crippen molar-refractivity contribution in [3.63, 3.8) is 0 Å². The van der Waals surface area contributed by atoms with Crippen molar-refractivity contribution >= 4 is 40.0 Å². The van der Waals surface area contributed by atoms with Crippen LogP contribution in [0.2, 0.25) is 0 Å². The predicted molar refractivity (Wildman–Crippen MR) is 270 cm³/mol. The number of methoxy groups -OCH3 is 1. The number of carbonyl (C=O) groups excluding carboxylic acids is 3. The maximum atomic E-state index is 14.7. The first-order valence-electron chi connectivity index (χ1n) is 25.9. The molecule has 1 aliphatic carbocycles. The van der Waals surface area contributed by atoms with Crippen molar-refractivity contribution in [3.05, 3.63) is 57.7 Å². The molecule has 2 N–H and O–H groups in total. The van der Waals surface area contributed by atoms with Crippen LogP contribution in [0.3, 0.4) is 0 Å². The van der Waals surface area contributed by atoms with Gasteiger partial charge in [0.1, 0.15) is 23.2 Å². The molecule has 3 aromatic heterocycles. The van der Waals surface area contributed by atoms with Gasteiger partial charge in [0, 0.05) is 85.0 Å². The number of amides is 2. The lowest BCUT2D eigenvalue weighted by atomic mass is 9.83. The van der Waals surface area contributed by atoms with Crippen molar-refractivity contribution in [2.75, 3.05) is 66.8 Å². The summed E-state index contributed by atoms with van der Waals surface area (Å²) in [6.07, 6.45) is 7.69. The molecule has 7 heterocycles. The number of thiazole rings is 1. The SMILES string of the molecule is CCO[C@@H]1c2nc(cs2)-c2ccc3c(c2)c(c(-c2cc([C@@H]4CCCN(C)CC4)cnc2[C@H](C)OC)n3CCOC2CCOCC2)CC(C)(C)COC(=O)[C@@H]2CCCN(N2)C(=O)[C@H]1NC(=O)C1[C@@H](C)[C@H]1C. The number of esters is 1. The van der Waals surface area contributed by atoms with E-state index in [1.54, 1.807) is 7.11 Å². The highest BCUT2D eigenvalue weighted by molar-refractivity contribution is 7.10. The molecular formula is C54H75N7O8S. The fourth-order valence-electron chi connectivity index (χ4n) is 11.2. The Kier molecular flexibility index (Phi) is 15.8. The first-order valence-corrected chi connectivity index (χ1v) is 26.8. The van der Waals surface area contributed by atoms with E-state index in [2.05, 4.69) is 92.3 Å². The number of likely N-dealkylation sites (tertiary alicyclic amines) is 1. The summed E-state index contributed by atoms with van der Waals surface area (Å²) in [6, 6.07) is 7.10. The van der Waals surface area contributed by atoms with Gasteiger partial charge in [-0.1, -0.05) is 33.8 Å². The van der Waals surface area contributed by atoms with E-state index in [1.165, 1.54) is 21.9 Å². The summed E-state index contributed by atoms with van der Waals surface area (Å²) in [7, 11) is 3.95. The molecule has 4 fully saturated rings. The fraction of sp³-hybridized carbons (Fsp3) is 0.648. The second kappa shape index (κ2) is 21.8. The average molecular weight is 982 g/mol. The van der Waals surface area contributed by atoms with Crippen LogP contribution in [0.4, 0.5) is 0 Å². The molecule has 16 heteroatoms. The van der Waals surface area contributed by atoms with Crippen molar-refractivity contribution in [2.45, 2.75) is 136 Å². The van der Waals surface area contributed by atoms with Crippen LogP contribution in [0.25, 0.3) is 33.4 Å². The number of benzene rings is 1. The van der Waals surface area contributed by atoms with Gasteiger partial charge in [0.05, 0.1) is 42.5 Å². The number of carbonyl (C=O) groups is 3. The van der Waals surface area contributed by atoms with Crippen molar-refractivity contribution < 1.29 is 38.1 Å². The topological polar surface area (TPSA) is 159 Å². The molecule has 2 amide bonds. The minimum Gasteiger partial charge on any atom is -0.464 e. The zero-order chi connectivity index (χ0) is 49.3. The predicted octanol–water partition coefficient (Wildman–Crippen LogP) is 8.01. The van der Waals surface area contributed by atoms with Crippen LogP contribution in [0.5, 0.6) is 0 Å². The largest absolute Gasteiger partial charge is 0.464 e. The Morgan fingerprint density at radius 3 is 2.57 bits per heavy atom. The van der Waals surface area contributed by atoms with Gasteiger partial charge >= 0.3 is 5.97 Å². The number of hydrogen-bond donors (Lipinski definition) is 2. The standard InChI is InChI=1S/C54H75N7O8S/c1-9-67-49-47(57-50(62)45-32(2)33(45)3)52(63)61-20-11-13-42(58-61)53(64)69-31-54(5,6)28-41-39-26-36(43-30-70-51(49)56-43)14-15-44(39)60(22-25-68-38-17-23-66-24-18-38)48(41)40-27-37(29-55-46(40)34(4)65-8)35-12-10-19-59(7)21-16-35/h14-15,26-27,29-30,32-35,38,42,45,47,49,58H,9-13,16-25,28,31H2,1-8H3,(H,57,62)/t32-,33+,34-,35+,42-,45?,47-,49-/m0/s1. The van der Waals surface area contributed by atoms with Crippen LogP contribution in [-0.4, -0.2) is 127 Å². The maximum absolute atomic E-state index is 14.7. The highest BCUT2D eigenvalue weighted by Gasteiger charge is 2.50. The lowest BCUT2D eigenvalue weighted by molar-refractivity contribution is -0.156. The number of nitrogens with zero attached hydrogens (tertiary/aromatic N) is 5. The molecule has 9 rings (SSSR count). The smallest absolute Gasteiger partial charge is 0.324 e. The van der Waals surface area contributed by atoms with E-state index >= 15 is 0 Å². The maximum Gasteiger partial charge on any atom is 0.324 e. The Labute approximate surface area is 417 Å². The molecule has 1 unspecified atom stereocenters. The Morgan fingerprint density at radius 2 is 1.81 bits per heavy atom. The first-order chi connectivity index (χ1) is 33.7. The molecule has 1 aromatic carbocycles. The number of cyclic esters (lactones) is 1. The van der Waals surface area contributed by atoms with E-state index < -0.39 is 29.6 Å². The Balaban J connectivity index is 1.21. The summed E-state index contributed by atoms with van der Waals surface area (Å²) in [5.74, 6) is -0.407. The van der Waals surface area contributed by atoms with Crippen LogP contribution in [-0.2, 0) is 51.0 Å². The van der Waals surface area contributed by atoms with Crippen molar-refractivity contribution in [1.82, 2.24) is 35.2 Å². The summed E-state index contributed by atoms with van der Waals surface area (Å²) in [6.45, 7) is 17.8. The van der Waals surface area contributed by atoms with E-state index in [-0.39, 0.29) is 55.0 Å². The second-order valence-corrected chi connectivity index (χ2v) is 22.2. The Hall–Kier alpha value is -4.29. The Morgan fingerprint density at radius 1 is 1.03 bits per heavy atom. The zero-order valence-corrected chi connectivity index (χ0v) is 43.4. The van der Waals surface area contributed by atoms with Crippen LogP contribution < -0.4 is 10.7 Å². The third kappa shape index (κ3) is 10.9. The van der Waals surface area contributed by atoms with Gasteiger partial charge in [-0.2, -0.15) is 0 Å². The zero-order valence-electron chi connectivity index (χ0n) is 42.6. The average Bonchev–Trinajstić information content (AvgIpc) is 3.63. The normalized spacial score (nSPS) is 27.4. The van der Waals surface area contributed by atoms with Gasteiger partial charge in [0.25, 0.3) is 5.91 Å². The molecule has 5 aliphatic rings. The number of nitrogens with one attached hydrogen (secondary N) is 2. The van der Waals surface area contributed by atoms with Crippen LogP contribution in [0.15, 0.2) is 35.8 Å². The van der Waals surface area contributed by atoms with Crippen LogP contribution >= 0.6 is 11.3 Å². The van der Waals surface area contributed by atoms with Crippen molar-refractivity contribution in [3.8, 4) is 22.5 Å². The number of pyridine rings is 1. The number of ether oxygens (including phenoxy) is 5. The lowest BCUT2D eigenvalue weighted by Gasteiger charge is -2.37. The number of rotatable bonds is 12. The third-order valence-corrected chi connectivity index (χ3v) is 16.7. The minimum absolute atomic E-state index is 0.131. The minimum atomic E-state index is -1.09. The molecule has 0 spiro atoms. The van der Waals surface area contributed by atoms with E-state index in [1.807, 2.05) is 12.3 Å². The van der Waals surface area contributed by atoms with Gasteiger partial charge in [0.2, 0.25) is 5.91 Å². The summed E-state index contributed by atoms with van der Waals surface area (Å²) >= 11 is 1.42. The fourth-order valence-corrected chi connectivity index (χ4v) is 12.2. The van der Waals surface area contributed by atoms with E-state index in [0.717, 1.165) is 89.9 Å².